The Hall–Kier alpha value is -0.290. The van der Waals surface area contributed by atoms with Gasteiger partial charge in [0.2, 0.25) is 0 Å². The molecule has 0 saturated carbocycles. The van der Waals surface area contributed by atoms with E-state index in [1.54, 1.807) is 0 Å². The number of halogens is 1. The van der Waals surface area contributed by atoms with Crippen LogP contribution in [-0.2, 0) is 0 Å². The average Bonchev–Trinajstić information content (AvgIpc) is 2.46. The Balaban J connectivity index is 2.20. The zero-order valence-corrected chi connectivity index (χ0v) is 15.2. The normalized spacial score (nSPS) is 25.0. The van der Waals surface area contributed by atoms with E-state index in [1.165, 1.54) is 15.7 Å². The number of hydrogen-bond donors (Lipinski definition) is 1. The molecule has 0 aliphatic carbocycles. The third kappa shape index (κ3) is 3.67. The Bertz CT molecular complexity index is 416. The Labute approximate surface area is 137 Å². The van der Waals surface area contributed by atoms with Crippen molar-refractivity contribution in [1.29, 1.82) is 0 Å². The van der Waals surface area contributed by atoms with Gasteiger partial charge in [-0.25, -0.2) is 0 Å². The first-order valence-electron chi connectivity index (χ1n) is 7.78. The molecule has 1 fully saturated rings. The lowest BCUT2D eigenvalue weighted by Gasteiger charge is -2.45. The number of benzene rings is 1. The molecule has 3 unspecified atom stereocenters. The fraction of sp³-hybridized carbons (Fsp3) is 0.647. The maximum absolute atomic E-state index is 3.77. The smallest absolute Gasteiger partial charge is 0.0438 e. The second-order valence-electron chi connectivity index (χ2n) is 6.34. The van der Waals surface area contributed by atoms with Gasteiger partial charge >= 0.3 is 0 Å². The molecule has 1 aromatic carbocycles. The van der Waals surface area contributed by atoms with E-state index in [0.717, 1.165) is 19.0 Å². The Kier molecular flexibility index (Phi) is 5.73. The van der Waals surface area contributed by atoms with E-state index >= 15 is 0 Å². The van der Waals surface area contributed by atoms with Crippen LogP contribution in [-0.4, -0.2) is 25.2 Å². The molecule has 2 nitrogen and oxygen atoms in total. The molecule has 3 heteroatoms. The molecule has 0 bridgehead atoms. The minimum Gasteiger partial charge on any atom is -0.365 e. The molecular formula is C17H27IN2. The molecule has 1 heterocycles. The highest BCUT2D eigenvalue weighted by Gasteiger charge is 2.31. The van der Waals surface area contributed by atoms with Crippen LogP contribution in [0.15, 0.2) is 24.3 Å². The van der Waals surface area contributed by atoms with E-state index in [-0.39, 0.29) is 0 Å². The third-order valence-corrected chi connectivity index (χ3v) is 5.36. The molecule has 3 atom stereocenters. The first-order valence-corrected chi connectivity index (χ1v) is 8.86. The van der Waals surface area contributed by atoms with Crippen molar-refractivity contribution in [2.45, 2.75) is 46.2 Å². The van der Waals surface area contributed by atoms with E-state index in [0.29, 0.717) is 18.0 Å². The molecule has 112 valence electrons. The van der Waals surface area contributed by atoms with Crippen LogP contribution >= 0.6 is 22.6 Å². The lowest BCUT2D eigenvalue weighted by atomic mass is 9.91. The molecule has 1 saturated heterocycles. The second kappa shape index (κ2) is 7.12. The minimum absolute atomic E-state index is 0.593. The summed E-state index contributed by atoms with van der Waals surface area (Å²) in [6.45, 7) is 11.5. The average molecular weight is 386 g/mol. The largest absolute Gasteiger partial charge is 0.365 e. The van der Waals surface area contributed by atoms with Crippen molar-refractivity contribution >= 4 is 28.3 Å². The summed E-state index contributed by atoms with van der Waals surface area (Å²) in [4.78, 5) is 2.62. The molecule has 1 N–H and O–H groups in total. The van der Waals surface area contributed by atoms with Crippen molar-refractivity contribution < 1.29 is 0 Å². The van der Waals surface area contributed by atoms with Gasteiger partial charge in [-0.1, -0.05) is 34.1 Å². The summed E-state index contributed by atoms with van der Waals surface area (Å²) in [5.41, 5.74) is 1.37. The van der Waals surface area contributed by atoms with Gasteiger partial charge in [0.25, 0.3) is 0 Å². The summed E-state index contributed by atoms with van der Waals surface area (Å²) in [5, 5.41) is 3.77. The van der Waals surface area contributed by atoms with Crippen molar-refractivity contribution in [3.63, 3.8) is 0 Å². The zero-order chi connectivity index (χ0) is 14.7. The maximum atomic E-state index is 3.77. The van der Waals surface area contributed by atoms with Crippen LogP contribution in [0.4, 0.5) is 5.69 Å². The van der Waals surface area contributed by atoms with E-state index in [1.807, 2.05) is 0 Å². The van der Waals surface area contributed by atoms with E-state index in [4.69, 9.17) is 0 Å². The van der Waals surface area contributed by atoms with Gasteiger partial charge in [0.05, 0.1) is 0 Å². The molecule has 0 amide bonds. The summed E-state index contributed by atoms with van der Waals surface area (Å²) in [5.74, 6) is 1.40. The molecular weight excluding hydrogens is 359 g/mol. The highest BCUT2D eigenvalue weighted by molar-refractivity contribution is 14.1. The standard InChI is InChI=1S/C17H27IN2/c1-5-13(4)16-11-20(17(10-19-16)12(2)3)15-8-6-14(18)7-9-15/h6-9,12-13,16-17,19H,5,10-11H2,1-4H3. The van der Waals surface area contributed by atoms with Gasteiger partial charge in [-0.15, -0.1) is 0 Å². The lowest BCUT2D eigenvalue weighted by molar-refractivity contribution is 0.281. The molecule has 0 aromatic heterocycles. The summed E-state index contributed by atoms with van der Waals surface area (Å²) in [6, 6.07) is 10.2. The molecule has 2 rings (SSSR count). The molecule has 1 aliphatic heterocycles. The van der Waals surface area contributed by atoms with Crippen LogP contribution in [0.2, 0.25) is 0 Å². The Morgan fingerprint density at radius 1 is 1.25 bits per heavy atom. The van der Waals surface area contributed by atoms with Crippen LogP contribution in [0.5, 0.6) is 0 Å². The summed E-state index contributed by atoms with van der Waals surface area (Å²) in [7, 11) is 0. The van der Waals surface area contributed by atoms with Gasteiger partial charge in [0, 0.05) is 34.4 Å². The summed E-state index contributed by atoms with van der Waals surface area (Å²) in [6.07, 6.45) is 1.24. The fourth-order valence-electron chi connectivity index (χ4n) is 2.98. The Morgan fingerprint density at radius 3 is 2.45 bits per heavy atom. The van der Waals surface area contributed by atoms with Crippen LogP contribution in [0, 0.1) is 15.4 Å². The van der Waals surface area contributed by atoms with Crippen LogP contribution in [0.25, 0.3) is 0 Å². The summed E-state index contributed by atoms with van der Waals surface area (Å²) < 4.78 is 1.31. The van der Waals surface area contributed by atoms with E-state index in [9.17, 15) is 0 Å². The van der Waals surface area contributed by atoms with Crippen LogP contribution < -0.4 is 10.2 Å². The van der Waals surface area contributed by atoms with Crippen molar-refractivity contribution in [3.05, 3.63) is 27.8 Å². The molecule has 20 heavy (non-hydrogen) atoms. The Morgan fingerprint density at radius 2 is 1.90 bits per heavy atom. The lowest BCUT2D eigenvalue weighted by Crippen LogP contribution is -2.60. The maximum Gasteiger partial charge on any atom is 0.0438 e. The van der Waals surface area contributed by atoms with Gasteiger partial charge in [0.15, 0.2) is 0 Å². The van der Waals surface area contributed by atoms with E-state index in [2.05, 4.69) is 84.8 Å². The molecule has 1 aliphatic rings. The highest BCUT2D eigenvalue weighted by atomic mass is 127. The van der Waals surface area contributed by atoms with Gasteiger partial charge in [-0.2, -0.15) is 0 Å². The quantitative estimate of drug-likeness (QED) is 0.783. The van der Waals surface area contributed by atoms with Crippen molar-refractivity contribution in [3.8, 4) is 0 Å². The van der Waals surface area contributed by atoms with Crippen LogP contribution in [0.1, 0.15) is 34.1 Å². The third-order valence-electron chi connectivity index (χ3n) is 4.64. The van der Waals surface area contributed by atoms with Crippen molar-refractivity contribution in [2.75, 3.05) is 18.0 Å². The van der Waals surface area contributed by atoms with E-state index < -0.39 is 0 Å². The van der Waals surface area contributed by atoms with Gasteiger partial charge in [-0.05, 0) is 58.7 Å². The molecule has 1 aromatic rings. The van der Waals surface area contributed by atoms with Gasteiger partial charge in [-0.3, -0.25) is 0 Å². The monoisotopic (exact) mass is 386 g/mol. The number of rotatable bonds is 4. The number of hydrogen-bond acceptors (Lipinski definition) is 2. The molecule has 0 radical (unpaired) electrons. The number of nitrogens with one attached hydrogen (secondary N) is 1. The molecule has 0 spiro atoms. The number of anilines is 1. The topological polar surface area (TPSA) is 15.3 Å². The van der Waals surface area contributed by atoms with Crippen molar-refractivity contribution in [1.82, 2.24) is 5.32 Å². The van der Waals surface area contributed by atoms with Gasteiger partial charge < -0.3 is 10.2 Å². The predicted octanol–water partition coefficient (Wildman–Crippen LogP) is 4.14. The summed E-state index contributed by atoms with van der Waals surface area (Å²) >= 11 is 2.38. The SMILES string of the molecule is CCC(C)C1CN(c2ccc(I)cc2)C(C(C)C)CN1. The minimum atomic E-state index is 0.593. The first-order chi connectivity index (χ1) is 9.52. The number of piperazine rings is 1. The fourth-order valence-corrected chi connectivity index (χ4v) is 3.34. The van der Waals surface area contributed by atoms with Gasteiger partial charge in [0.1, 0.15) is 0 Å². The first kappa shape index (κ1) is 16.1. The highest BCUT2D eigenvalue weighted by Crippen LogP contribution is 2.26. The number of nitrogens with zero attached hydrogens (tertiary/aromatic N) is 1. The van der Waals surface area contributed by atoms with Crippen molar-refractivity contribution in [2.24, 2.45) is 11.8 Å². The second-order valence-corrected chi connectivity index (χ2v) is 7.59. The zero-order valence-electron chi connectivity index (χ0n) is 13.1. The predicted molar refractivity (Wildman–Crippen MR) is 96.4 cm³/mol. The van der Waals surface area contributed by atoms with Crippen LogP contribution in [0.3, 0.4) is 0 Å².